The summed E-state index contributed by atoms with van der Waals surface area (Å²) in [5.74, 6) is 0.814. The van der Waals surface area contributed by atoms with Gasteiger partial charge in [0, 0.05) is 12.6 Å². The van der Waals surface area contributed by atoms with Gasteiger partial charge in [0.1, 0.15) is 17.5 Å². The fraction of sp³-hybridized carbons (Fsp3) is 0.533. The van der Waals surface area contributed by atoms with Crippen molar-refractivity contribution in [3.05, 3.63) is 23.5 Å². The highest BCUT2D eigenvalue weighted by atomic mass is 35.5. The van der Waals surface area contributed by atoms with E-state index in [-0.39, 0.29) is 18.6 Å². The Bertz CT molecular complexity index is 550. The van der Waals surface area contributed by atoms with E-state index >= 15 is 0 Å². The predicted molar refractivity (Wildman–Crippen MR) is 87.7 cm³/mol. The van der Waals surface area contributed by atoms with E-state index in [1.165, 1.54) is 0 Å². The Morgan fingerprint density at radius 2 is 2.36 bits per heavy atom. The van der Waals surface area contributed by atoms with Crippen LogP contribution in [0.3, 0.4) is 0 Å². The van der Waals surface area contributed by atoms with Crippen LogP contribution >= 0.6 is 11.6 Å². The van der Waals surface area contributed by atoms with Crippen molar-refractivity contribution in [3.63, 3.8) is 0 Å². The number of ether oxygens (including phenoxy) is 1. The number of allylic oxidation sites excluding steroid dienone is 1. The van der Waals surface area contributed by atoms with Crippen molar-refractivity contribution in [1.29, 1.82) is 0 Å². The highest BCUT2D eigenvalue weighted by molar-refractivity contribution is 6.30. The topological polar surface area (TPSA) is 66.3 Å². The lowest BCUT2D eigenvalue weighted by Gasteiger charge is -2.36. The number of guanidine groups is 1. The van der Waals surface area contributed by atoms with Gasteiger partial charge in [0.15, 0.2) is 5.84 Å². The SMILES string of the molecule is C=C1N=C(NC(=O)COCC)N(C2CCC2)C1=N/C(Cl)=C\C. The lowest BCUT2D eigenvalue weighted by Crippen LogP contribution is -2.51. The third kappa shape index (κ3) is 3.75. The monoisotopic (exact) mass is 324 g/mol. The van der Waals surface area contributed by atoms with Gasteiger partial charge in [-0.2, -0.15) is 0 Å². The molecule has 120 valence electrons. The molecule has 7 heteroatoms. The van der Waals surface area contributed by atoms with Crippen molar-refractivity contribution in [3.8, 4) is 0 Å². The number of hydrogen-bond donors (Lipinski definition) is 1. The first kappa shape index (κ1) is 16.7. The molecule has 1 N–H and O–H groups in total. The van der Waals surface area contributed by atoms with Crippen LogP contribution in [-0.2, 0) is 9.53 Å². The summed E-state index contributed by atoms with van der Waals surface area (Å²) in [6, 6.07) is 0.269. The average Bonchev–Trinajstić information content (AvgIpc) is 2.72. The highest BCUT2D eigenvalue weighted by Crippen LogP contribution is 2.30. The van der Waals surface area contributed by atoms with Crippen molar-refractivity contribution in [2.75, 3.05) is 13.2 Å². The van der Waals surface area contributed by atoms with Crippen molar-refractivity contribution in [2.24, 2.45) is 9.98 Å². The molecule has 0 saturated heterocycles. The van der Waals surface area contributed by atoms with Gasteiger partial charge in [0.2, 0.25) is 5.96 Å². The molecule has 1 aliphatic heterocycles. The van der Waals surface area contributed by atoms with Crippen LogP contribution in [0.1, 0.15) is 33.1 Å². The molecule has 1 saturated carbocycles. The van der Waals surface area contributed by atoms with Crippen LogP contribution in [0, 0.1) is 0 Å². The van der Waals surface area contributed by atoms with Gasteiger partial charge in [-0.15, -0.1) is 0 Å². The number of nitrogens with one attached hydrogen (secondary N) is 1. The Balaban J connectivity index is 2.17. The van der Waals surface area contributed by atoms with Gasteiger partial charge in [-0.1, -0.05) is 24.3 Å². The summed E-state index contributed by atoms with van der Waals surface area (Å²) in [4.78, 5) is 22.5. The molecule has 1 amide bonds. The third-order valence-electron chi connectivity index (χ3n) is 3.53. The Hall–Kier alpha value is -1.66. The predicted octanol–water partition coefficient (Wildman–Crippen LogP) is 2.38. The number of halogens is 1. The maximum atomic E-state index is 11.9. The number of amides is 1. The summed E-state index contributed by atoms with van der Waals surface area (Å²) in [6.07, 6.45) is 4.91. The number of aliphatic imine (C=N–C) groups is 2. The summed E-state index contributed by atoms with van der Waals surface area (Å²) in [7, 11) is 0. The van der Waals surface area contributed by atoms with Crippen LogP contribution in [-0.4, -0.2) is 41.9 Å². The normalized spacial score (nSPS) is 21.1. The summed E-state index contributed by atoms with van der Waals surface area (Å²) < 4.78 is 5.11. The second-order valence-electron chi connectivity index (χ2n) is 5.07. The molecule has 1 aliphatic carbocycles. The molecule has 6 nitrogen and oxygen atoms in total. The fourth-order valence-corrected chi connectivity index (χ4v) is 2.27. The van der Waals surface area contributed by atoms with E-state index < -0.39 is 0 Å². The van der Waals surface area contributed by atoms with Crippen molar-refractivity contribution < 1.29 is 9.53 Å². The van der Waals surface area contributed by atoms with Gasteiger partial charge in [0.25, 0.3) is 5.91 Å². The largest absolute Gasteiger partial charge is 0.372 e. The molecule has 0 spiro atoms. The second kappa shape index (κ2) is 7.56. The van der Waals surface area contributed by atoms with Gasteiger partial charge in [-0.3, -0.25) is 15.0 Å². The number of hydrogen-bond acceptors (Lipinski definition) is 4. The number of carbonyl (C=O) groups excluding carboxylic acids is 1. The van der Waals surface area contributed by atoms with Crippen molar-refractivity contribution in [2.45, 2.75) is 39.2 Å². The Kier molecular flexibility index (Phi) is 5.74. The first-order valence-electron chi connectivity index (χ1n) is 7.42. The molecule has 0 bridgehead atoms. The maximum absolute atomic E-state index is 11.9. The zero-order valence-corrected chi connectivity index (χ0v) is 13.7. The Morgan fingerprint density at radius 1 is 1.64 bits per heavy atom. The number of rotatable bonds is 5. The minimum atomic E-state index is -0.240. The number of carbonyl (C=O) groups is 1. The molecule has 2 rings (SSSR count). The summed E-state index contributed by atoms with van der Waals surface area (Å²) in [5, 5.41) is 3.15. The standard InChI is InChI=1S/C15H21ClN4O2/c1-4-12(16)18-14-10(3)17-15(19-13(21)9-22-5-2)20(14)11-7-6-8-11/h4,11H,3,5-9H2,1-2H3,(H,17,19,21)/b12-4-,18-14?. The van der Waals surface area contributed by atoms with Crippen LogP contribution in [0.25, 0.3) is 0 Å². The molecule has 0 aromatic heterocycles. The zero-order valence-electron chi connectivity index (χ0n) is 12.9. The maximum Gasteiger partial charge on any atom is 0.252 e. The fourth-order valence-electron chi connectivity index (χ4n) is 2.19. The lowest BCUT2D eigenvalue weighted by atomic mass is 9.91. The van der Waals surface area contributed by atoms with Crippen LogP contribution in [0.15, 0.2) is 33.5 Å². The first-order valence-corrected chi connectivity index (χ1v) is 7.79. The van der Waals surface area contributed by atoms with Crippen LogP contribution in [0.5, 0.6) is 0 Å². The average molecular weight is 325 g/mol. The second-order valence-corrected chi connectivity index (χ2v) is 5.46. The van der Waals surface area contributed by atoms with E-state index in [1.807, 2.05) is 18.7 Å². The minimum Gasteiger partial charge on any atom is -0.372 e. The van der Waals surface area contributed by atoms with Gasteiger partial charge < -0.3 is 4.74 Å². The van der Waals surface area contributed by atoms with E-state index in [4.69, 9.17) is 16.3 Å². The summed E-state index contributed by atoms with van der Waals surface area (Å²) >= 11 is 6.01. The minimum absolute atomic E-state index is 0.00258. The lowest BCUT2D eigenvalue weighted by molar-refractivity contribution is -0.124. The molecule has 2 aliphatic rings. The number of nitrogens with zero attached hydrogens (tertiary/aromatic N) is 3. The van der Waals surface area contributed by atoms with E-state index in [0.717, 1.165) is 19.3 Å². The van der Waals surface area contributed by atoms with E-state index in [1.54, 1.807) is 6.08 Å². The highest BCUT2D eigenvalue weighted by Gasteiger charge is 2.37. The van der Waals surface area contributed by atoms with Crippen molar-refractivity contribution in [1.82, 2.24) is 10.2 Å². The summed E-state index contributed by atoms with van der Waals surface area (Å²) in [6.45, 7) is 8.05. The van der Waals surface area contributed by atoms with E-state index in [2.05, 4.69) is 21.9 Å². The van der Waals surface area contributed by atoms with Crippen LogP contribution in [0.4, 0.5) is 0 Å². The third-order valence-corrected chi connectivity index (χ3v) is 3.84. The van der Waals surface area contributed by atoms with Gasteiger partial charge in [-0.05, 0) is 33.1 Å². The zero-order chi connectivity index (χ0) is 16.1. The van der Waals surface area contributed by atoms with Gasteiger partial charge in [0.05, 0.1) is 0 Å². The van der Waals surface area contributed by atoms with Crippen LogP contribution in [0.2, 0.25) is 0 Å². The first-order chi connectivity index (χ1) is 10.6. The molecule has 1 fully saturated rings. The quantitative estimate of drug-likeness (QED) is 0.790. The molecule has 0 unspecified atom stereocenters. The summed E-state index contributed by atoms with van der Waals surface area (Å²) in [5.41, 5.74) is 0.499. The molecular formula is C15H21ClN4O2. The van der Waals surface area contributed by atoms with Gasteiger partial charge in [-0.25, -0.2) is 9.98 Å². The number of amidine groups is 1. The van der Waals surface area contributed by atoms with Crippen molar-refractivity contribution >= 4 is 29.3 Å². The molecule has 0 radical (unpaired) electrons. The molecule has 22 heavy (non-hydrogen) atoms. The molecule has 0 aromatic carbocycles. The molecule has 0 atom stereocenters. The van der Waals surface area contributed by atoms with Gasteiger partial charge >= 0.3 is 0 Å². The molecular weight excluding hydrogens is 304 g/mol. The van der Waals surface area contributed by atoms with E-state index in [9.17, 15) is 4.79 Å². The molecule has 1 heterocycles. The Morgan fingerprint density at radius 3 is 2.91 bits per heavy atom. The molecule has 0 aromatic rings. The smallest absolute Gasteiger partial charge is 0.252 e. The van der Waals surface area contributed by atoms with Crippen LogP contribution < -0.4 is 5.32 Å². The Labute approximate surface area is 135 Å². The van der Waals surface area contributed by atoms with E-state index in [0.29, 0.717) is 29.3 Å².